The fraction of sp³-hybridized carbons (Fsp3) is 1.00. The Labute approximate surface area is 103 Å². The lowest BCUT2D eigenvalue weighted by atomic mass is 10.1. The molecule has 0 aliphatic rings. The highest BCUT2D eigenvalue weighted by Crippen LogP contribution is 2.28. The maximum absolute atomic E-state index is 11.7. The van der Waals surface area contributed by atoms with Crippen molar-refractivity contribution in [1.29, 1.82) is 0 Å². The molecular weight excluding hydrogens is 288 g/mol. The lowest BCUT2D eigenvalue weighted by Gasteiger charge is -2.07. The van der Waals surface area contributed by atoms with Crippen molar-refractivity contribution in [1.82, 2.24) is 0 Å². The van der Waals surface area contributed by atoms with Gasteiger partial charge in [0.15, 0.2) is 0 Å². The van der Waals surface area contributed by atoms with Gasteiger partial charge in [0.1, 0.15) is 0 Å². The van der Waals surface area contributed by atoms with E-state index < -0.39 is 18.6 Å². The van der Waals surface area contributed by atoms with Crippen molar-refractivity contribution < 1.29 is 13.2 Å². The minimum atomic E-state index is -4.02. The van der Waals surface area contributed by atoms with E-state index in [1.165, 1.54) is 0 Å². The van der Waals surface area contributed by atoms with E-state index in [0.717, 1.165) is 19.3 Å². The van der Waals surface area contributed by atoms with E-state index in [9.17, 15) is 13.2 Å². The first-order valence-corrected chi connectivity index (χ1v) is 10.1. The number of hydrogen-bond acceptors (Lipinski definition) is 0. The summed E-state index contributed by atoms with van der Waals surface area (Å²) in [5.41, 5.74) is 0. The van der Waals surface area contributed by atoms with Gasteiger partial charge in [0.05, 0.1) is 0 Å². The highest BCUT2D eigenvalue weighted by molar-refractivity contribution is 7.64. The number of halogens is 6. The third kappa shape index (κ3) is 14.9. The molecule has 0 N–H and O–H groups in total. The van der Waals surface area contributed by atoms with Gasteiger partial charge in [-0.1, -0.05) is 25.7 Å². The minimum absolute atomic E-state index is 0.203. The van der Waals surface area contributed by atoms with Crippen LogP contribution in [0.3, 0.4) is 0 Å². The first-order valence-electron chi connectivity index (χ1n) is 4.84. The number of rotatable bonds is 7. The summed E-state index contributed by atoms with van der Waals surface area (Å²) in [4.78, 5) is 0. The zero-order valence-corrected chi connectivity index (χ0v) is 11.5. The van der Waals surface area contributed by atoms with Gasteiger partial charge in [-0.05, 0) is 12.5 Å². The predicted octanol–water partition coefficient (Wildman–Crippen LogP) is 5.54. The smallest absolute Gasteiger partial charge is 0.171 e. The molecule has 0 aromatic carbocycles. The lowest BCUT2D eigenvalue weighted by Crippen LogP contribution is -2.08. The molecule has 0 spiro atoms. The third-order valence-corrected chi connectivity index (χ3v) is 4.54. The maximum atomic E-state index is 11.7. The predicted molar refractivity (Wildman–Crippen MR) is 61.9 cm³/mol. The van der Waals surface area contributed by atoms with Crippen LogP contribution in [0.4, 0.5) is 13.2 Å². The van der Waals surface area contributed by atoms with Crippen LogP contribution in [0.2, 0.25) is 6.04 Å². The maximum Gasteiger partial charge on any atom is 0.389 e. The van der Waals surface area contributed by atoms with Gasteiger partial charge in [0.2, 0.25) is 0 Å². The van der Waals surface area contributed by atoms with Crippen LogP contribution in [0.15, 0.2) is 0 Å². The minimum Gasteiger partial charge on any atom is -0.171 e. The fourth-order valence-electron chi connectivity index (χ4n) is 1.18. The van der Waals surface area contributed by atoms with Crippen molar-refractivity contribution in [2.24, 2.45) is 0 Å². The molecule has 92 valence electrons. The van der Waals surface area contributed by atoms with Crippen molar-refractivity contribution in [2.75, 3.05) is 0 Å². The van der Waals surface area contributed by atoms with Crippen molar-refractivity contribution in [3.8, 4) is 0 Å². The second-order valence-electron chi connectivity index (χ2n) is 3.50. The third-order valence-electron chi connectivity index (χ3n) is 1.92. The topological polar surface area (TPSA) is 0 Å². The van der Waals surface area contributed by atoms with Gasteiger partial charge in [0.25, 0.3) is 0 Å². The Morgan fingerprint density at radius 2 is 1.27 bits per heavy atom. The zero-order chi connectivity index (χ0) is 11.9. The molecular formula is C8H14Cl3F3Si. The summed E-state index contributed by atoms with van der Waals surface area (Å²) < 4.78 is 35.2. The Kier molecular flexibility index (Phi) is 7.67. The van der Waals surface area contributed by atoms with Gasteiger partial charge >= 0.3 is 12.2 Å². The first kappa shape index (κ1) is 15.9. The number of hydrogen-bond donors (Lipinski definition) is 0. The number of alkyl halides is 3. The molecule has 0 bridgehead atoms. The standard InChI is InChI=1S/C8H14Cl3F3Si/c9-15(10,11)7-5-3-1-2-4-6-8(12,13)14/h1-7H2. The van der Waals surface area contributed by atoms with E-state index in [1.54, 1.807) is 0 Å². The van der Waals surface area contributed by atoms with Crippen molar-refractivity contribution >= 4 is 39.2 Å². The molecule has 0 aliphatic carbocycles. The zero-order valence-electron chi connectivity index (χ0n) is 8.22. The van der Waals surface area contributed by atoms with Crippen LogP contribution >= 0.6 is 33.2 Å². The largest absolute Gasteiger partial charge is 0.389 e. The summed E-state index contributed by atoms with van der Waals surface area (Å²) in [6, 6.07) is -1.92. The molecule has 15 heavy (non-hydrogen) atoms. The number of unbranched alkanes of at least 4 members (excludes halogenated alkanes) is 4. The van der Waals surface area contributed by atoms with Crippen LogP contribution in [0.5, 0.6) is 0 Å². The van der Waals surface area contributed by atoms with Crippen molar-refractivity contribution in [2.45, 2.75) is 50.7 Å². The Balaban J connectivity index is 3.20. The van der Waals surface area contributed by atoms with Crippen LogP contribution in [0.25, 0.3) is 0 Å². The molecule has 0 radical (unpaired) electrons. The Bertz CT molecular complexity index is 149. The van der Waals surface area contributed by atoms with Gasteiger partial charge in [-0.3, -0.25) is 0 Å². The molecule has 7 heteroatoms. The summed E-state index contributed by atoms with van der Waals surface area (Å²) >= 11 is 17.0. The lowest BCUT2D eigenvalue weighted by molar-refractivity contribution is -0.135. The van der Waals surface area contributed by atoms with Gasteiger partial charge in [-0.25, -0.2) is 0 Å². The Hall–Kier alpha value is 0.877. The second kappa shape index (κ2) is 7.25. The second-order valence-corrected chi connectivity index (χ2v) is 12.8. The van der Waals surface area contributed by atoms with E-state index in [-0.39, 0.29) is 6.42 Å². The summed E-state index contributed by atoms with van der Waals surface area (Å²) in [5.74, 6) is 0. The molecule has 0 fully saturated rings. The summed E-state index contributed by atoms with van der Waals surface area (Å²) in [7, 11) is 0. The van der Waals surface area contributed by atoms with E-state index in [1.807, 2.05) is 0 Å². The summed E-state index contributed by atoms with van der Waals surface area (Å²) in [6.07, 6.45) is -1.48. The molecule has 0 nitrogen and oxygen atoms in total. The normalized spacial score (nSPS) is 13.2. The molecule has 0 aromatic rings. The van der Waals surface area contributed by atoms with Gasteiger partial charge in [-0.15, -0.1) is 33.2 Å². The SMILES string of the molecule is FC(F)(F)CCCCCCC[Si](Cl)(Cl)Cl. The average Bonchev–Trinajstić information content (AvgIpc) is 1.98. The van der Waals surface area contributed by atoms with Crippen LogP contribution in [-0.4, -0.2) is 12.2 Å². The average molecular weight is 302 g/mol. The monoisotopic (exact) mass is 300 g/mol. The molecule has 0 atom stereocenters. The van der Waals surface area contributed by atoms with Crippen LogP contribution in [-0.2, 0) is 0 Å². The fourth-order valence-corrected chi connectivity index (χ4v) is 3.03. The quantitative estimate of drug-likeness (QED) is 0.329. The van der Waals surface area contributed by atoms with E-state index >= 15 is 0 Å². The molecule has 0 unspecified atom stereocenters. The molecule has 0 rings (SSSR count). The molecule has 0 saturated carbocycles. The highest BCUT2D eigenvalue weighted by atomic mass is 35.8. The first-order chi connectivity index (χ1) is 6.71. The van der Waals surface area contributed by atoms with E-state index in [2.05, 4.69) is 0 Å². The van der Waals surface area contributed by atoms with Crippen LogP contribution < -0.4 is 0 Å². The van der Waals surface area contributed by atoms with Crippen LogP contribution in [0, 0.1) is 0 Å². The molecule has 0 heterocycles. The molecule has 0 saturated heterocycles. The van der Waals surface area contributed by atoms with Gasteiger partial charge in [-0.2, -0.15) is 13.2 Å². The summed E-state index contributed by atoms with van der Waals surface area (Å²) in [5, 5.41) is 0. The van der Waals surface area contributed by atoms with Gasteiger partial charge < -0.3 is 0 Å². The van der Waals surface area contributed by atoms with E-state index in [0.29, 0.717) is 12.5 Å². The molecule has 0 aliphatic heterocycles. The van der Waals surface area contributed by atoms with Crippen molar-refractivity contribution in [3.63, 3.8) is 0 Å². The Morgan fingerprint density at radius 1 is 0.800 bits per heavy atom. The van der Waals surface area contributed by atoms with E-state index in [4.69, 9.17) is 33.2 Å². The summed E-state index contributed by atoms with van der Waals surface area (Å²) in [6.45, 7) is 0. The Morgan fingerprint density at radius 3 is 1.73 bits per heavy atom. The molecule has 0 aromatic heterocycles. The van der Waals surface area contributed by atoms with Crippen molar-refractivity contribution in [3.05, 3.63) is 0 Å². The van der Waals surface area contributed by atoms with Gasteiger partial charge in [0, 0.05) is 6.42 Å². The highest BCUT2D eigenvalue weighted by Gasteiger charge is 2.26. The molecule has 0 amide bonds. The van der Waals surface area contributed by atoms with Crippen LogP contribution in [0.1, 0.15) is 38.5 Å².